The Labute approximate surface area is 137 Å². The molecular formula is C16H17N3O3S. The quantitative estimate of drug-likeness (QED) is 0.584. The third-order valence-corrected chi connectivity index (χ3v) is 4.92. The molecule has 0 radical (unpaired) electrons. The van der Waals surface area contributed by atoms with Gasteiger partial charge in [-0.3, -0.25) is 10.0 Å². The summed E-state index contributed by atoms with van der Waals surface area (Å²) in [6.45, 7) is 3.04. The fraction of sp³-hybridized carbons (Fsp3) is 0.250. The number of amides is 3. The van der Waals surface area contributed by atoms with E-state index in [1.165, 1.54) is 11.3 Å². The number of carbonyl (C=O) groups is 2. The van der Waals surface area contributed by atoms with Crippen LogP contribution in [0.25, 0.3) is 0 Å². The number of hydrogen-bond acceptors (Lipinski definition) is 4. The van der Waals surface area contributed by atoms with Crippen LogP contribution in [0.1, 0.15) is 25.7 Å². The molecule has 0 spiro atoms. The van der Waals surface area contributed by atoms with Crippen molar-refractivity contribution in [3.63, 3.8) is 0 Å². The topological polar surface area (TPSA) is 81.7 Å². The molecule has 0 saturated carbocycles. The highest BCUT2D eigenvalue weighted by Gasteiger charge is 2.24. The molecular weight excluding hydrogens is 314 g/mol. The molecule has 6 nitrogen and oxygen atoms in total. The van der Waals surface area contributed by atoms with E-state index in [2.05, 4.69) is 5.32 Å². The number of carbonyl (C=O) groups excluding carboxylic acids is 2. The number of nitrogens with zero attached hydrogens (tertiary/aromatic N) is 1. The molecule has 120 valence electrons. The van der Waals surface area contributed by atoms with Crippen molar-refractivity contribution >= 4 is 29.0 Å². The van der Waals surface area contributed by atoms with Crippen LogP contribution in [0.2, 0.25) is 0 Å². The smallest absolute Gasteiger partial charge is 0.319 e. The van der Waals surface area contributed by atoms with Crippen molar-refractivity contribution in [2.75, 3.05) is 11.9 Å². The monoisotopic (exact) mass is 331 g/mol. The molecule has 1 aromatic heterocycles. The molecule has 0 atom stereocenters. The summed E-state index contributed by atoms with van der Waals surface area (Å²) >= 11 is 1.30. The van der Waals surface area contributed by atoms with E-state index in [9.17, 15) is 9.59 Å². The summed E-state index contributed by atoms with van der Waals surface area (Å²) in [6.07, 6.45) is 0.700. The second-order valence-corrected chi connectivity index (χ2v) is 6.61. The highest BCUT2D eigenvalue weighted by Crippen LogP contribution is 2.28. The molecule has 1 aliphatic heterocycles. The molecule has 0 bridgehead atoms. The first-order chi connectivity index (χ1) is 11.1. The SMILES string of the molecule is Cc1cccc(NC(=O)N2CCc3cc(C(=O)NO)sc3C2)c1. The van der Waals surface area contributed by atoms with Crippen molar-refractivity contribution in [3.05, 3.63) is 51.2 Å². The van der Waals surface area contributed by atoms with Crippen LogP contribution in [-0.4, -0.2) is 28.6 Å². The summed E-state index contributed by atoms with van der Waals surface area (Å²) in [5.74, 6) is -0.514. The summed E-state index contributed by atoms with van der Waals surface area (Å²) in [7, 11) is 0. The summed E-state index contributed by atoms with van der Waals surface area (Å²) in [5.41, 5.74) is 4.56. The summed E-state index contributed by atoms with van der Waals surface area (Å²) in [6, 6.07) is 9.28. The lowest BCUT2D eigenvalue weighted by atomic mass is 10.1. The Morgan fingerprint density at radius 2 is 2.13 bits per heavy atom. The minimum atomic E-state index is -0.514. The van der Waals surface area contributed by atoms with Crippen molar-refractivity contribution in [2.45, 2.75) is 19.9 Å². The van der Waals surface area contributed by atoms with Crippen LogP contribution in [-0.2, 0) is 13.0 Å². The number of hydroxylamine groups is 1. The van der Waals surface area contributed by atoms with Crippen LogP contribution in [0.5, 0.6) is 0 Å². The lowest BCUT2D eigenvalue weighted by Gasteiger charge is -2.27. The number of nitrogens with one attached hydrogen (secondary N) is 2. The Morgan fingerprint density at radius 3 is 2.87 bits per heavy atom. The largest absolute Gasteiger partial charge is 0.322 e. The highest BCUT2D eigenvalue weighted by molar-refractivity contribution is 7.14. The van der Waals surface area contributed by atoms with Gasteiger partial charge < -0.3 is 10.2 Å². The Balaban J connectivity index is 1.70. The Morgan fingerprint density at radius 1 is 1.30 bits per heavy atom. The normalized spacial score (nSPS) is 13.4. The number of anilines is 1. The van der Waals surface area contributed by atoms with Gasteiger partial charge in [-0.05, 0) is 42.7 Å². The predicted molar refractivity (Wildman–Crippen MR) is 87.9 cm³/mol. The van der Waals surface area contributed by atoms with Crippen molar-refractivity contribution in [1.82, 2.24) is 10.4 Å². The fourth-order valence-electron chi connectivity index (χ4n) is 2.59. The van der Waals surface area contributed by atoms with Crippen LogP contribution in [0.15, 0.2) is 30.3 Å². The van der Waals surface area contributed by atoms with Gasteiger partial charge in [0.15, 0.2) is 0 Å². The molecule has 3 rings (SSSR count). The molecule has 1 aromatic carbocycles. The number of thiophene rings is 1. The third-order valence-electron chi connectivity index (χ3n) is 3.76. The Kier molecular flexibility index (Phi) is 4.31. The van der Waals surface area contributed by atoms with E-state index in [0.29, 0.717) is 24.4 Å². The second-order valence-electron chi connectivity index (χ2n) is 5.47. The maximum atomic E-state index is 12.4. The molecule has 0 unspecified atom stereocenters. The zero-order valence-corrected chi connectivity index (χ0v) is 13.4. The lowest BCUT2D eigenvalue weighted by Crippen LogP contribution is -2.38. The van der Waals surface area contributed by atoms with Crippen molar-refractivity contribution in [1.29, 1.82) is 0 Å². The number of benzene rings is 1. The van der Waals surface area contributed by atoms with Gasteiger partial charge in [0.05, 0.1) is 11.4 Å². The van der Waals surface area contributed by atoms with E-state index >= 15 is 0 Å². The van der Waals surface area contributed by atoms with Gasteiger partial charge in [-0.15, -0.1) is 11.3 Å². The number of fused-ring (bicyclic) bond motifs is 1. The van der Waals surface area contributed by atoms with Gasteiger partial charge in [-0.1, -0.05) is 12.1 Å². The van der Waals surface area contributed by atoms with Gasteiger partial charge in [-0.25, -0.2) is 10.3 Å². The number of rotatable bonds is 2. The van der Waals surface area contributed by atoms with E-state index in [4.69, 9.17) is 5.21 Å². The third kappa shape index (κ3) is 3.35. The number of aryl methyl sites for hydroxylation is 1. The average Bonchev–Trinajstić information content (AvgIpc) is 2.97. The maximum absolute atomic E-state index is 12.4. The summed E-state index contributed by atoms with van der Waals surface area (Å²) in [5, 5.41) is 11.6. The average molecular weight is 331 g/mol. The first-order valence-electron chi connectivity index (χ1n) is 7.25. The fourth-order valence-corrected chi connectivity index (χ4v) is 3.70. The highest BCUT2D eigenvalue weighted by atomic mass is 32.1. The molecule has 2 heterocycles. The molecule has 3 amide bonds. The van der Waals surface area contributed by atoms with E-state index in [1.807, 2.05) is 31.2 Å². The lowest BCUT2D eigenvalue weighted by molar-refractivity contribution is 0.0711. The van der Waals surface area contributed by atoms with E-state index in [0.717, 1.165) is 21.7 Å². The molecule has 0 aliphatic carbocycles. The zero-order chi connectivity index (χ0) is 16.4. The van der Waals surface area contributed by atoms with Crippen LogP contribution >= 0.6 is 11.3 Å². The minimum Gasteiger partial charge on any atom is -0.319 e. The van der Waals surface area contributed by atoms with E-state index in [-0.39, 0.29) is 6.03 Å². The zero-order valence-electron chi connectivity index (χ0n) is 12.6. The molecule has 7 heteroatoms. The van der Waals surface area contributed by atoms with Crippen LogP contribution in [0.3, 0.4) is 0 Å². The first kappa shape index (κ1) is 15.5. The minimum absolute atomic E-state index is 0.150. The van der Waals surface area contributed by atoms with Gasteiger partial charge in [0, 0.05) is 17.1 Å². The number of urea groups is 1. The van der Waals surface area contributed by atoms with E-state index in [1.54, 1.807) is 16.4 Å². The molecule has 2 aromatic rings. The van der Waals surface area contributed by atoms with Crippen molar-refractivity contribution in [2.24, 2.45) is 0 Å². The van der Waals surface area contributed by atoms with Crippen molar-refractivity contribution in [3.8, 4) is 0 Å². The van der Waals surface area contributed by atoms with E-state index < -0.39 is 5.91 Å². The first-order valence-corrected chi connectivity index (χ1v) is 8.07. The molecule has 1 aliphatic rings. The molecule has 3 N–H and O–H groups in total. The predicted octanol–water partition coefficient (Wildman–Crippen LogP) is 2.77. The van der Waals surface area contributed by atoms with Gasteiger partial charge in [-0.2, -0.15) is 0 Å². The molecule has 0 fully saturated rings. The molecule has 23 heavy (non-hydrogen) atoms. The maximum Gasteiger partial charge on any atom is 0.322 e. The van der Waals surface area contributed by atoms with Gasteiger partial charge >= 0.3 is 6.03 Å². The molecule has 0 saturated heterocycles. The Bertz CT molecular complexity index is 757. The van der Waals surface area contributed by atoms with Crippen LogP contribution in [0, 0.1) is 6.92 Å². The van der Waals surface area contributed by atoms with Gasteiger partial charge in [0.25, 0.3) is 5.91 Å². The Hall–Kier alpha value is -2.38. The van der Waals surface area contributed by atoms with Crippen LogP contribution < -0.4 is 10.8 Å². The standard InChI is InChI=1S/C16H17N3O3S/c1-10-3-2-4-12(7-10)17-16(21)19-6-5-11-8-13(15(20)18-22)23-14(11)9-19/h2-4,7-8,22H,5-6,9H2,1H3,(H,17,21)(H,18,20). The second kappa shape index (κ2) is 6.39. The van der Waals surface area contributed by atoms with Gasteiger partial charge in [0.1, 0.15) is 0 Å². The van der Waals surface area contributed by atoms with Crippen molar-refractivity contribution < 1.29 is 14.8 Å². The summed E-state index contributed by atoms with van der Waals surface area (Å²) in [4.78, 5) is 27.0. The van der Waals surface area contributed by atoms with Gasteiger partial charge in [0.2, 0.25) is 0 Å². The summed E-state index contributed by atoms with van der Waals surface area (Å²) < 4.78 is 0. The number of hydrogen-bond donors (Lipinski definition) is 3. The van der Waals surface area contributed by atoms with Crippen LogP contribution in [0.4, 0.5) is 10.5 Å².